The van der Waals surface area contributed by atoms with Gasteiger partial charge in [-0.05, 0) is 33.1 Å². The molecule has 2 nitrogen and oxygen atoms in total. The first-order valence-electron chi connectivity index (χ1n) is 4.39. The fraction of sp³-hybridized carbons (Fsp3) is 0.700. The second-order valence-corrected chi connectivity index (χ2v) is 3.61. The number of carboxylic acids is 1. The molecule has 0 spiro atoms. The number of aliphatic carboxylic acids is 1. The van der Waals surface area contributed by atoms with Crippen LogP contribution in [-0.2, 0) is 4.79 Å². The van der Waals surface area contributed by atoms with E-state index in [0.29, 0.717) is 6.42 Å². The Morgan fingerprint density at radius 1 is 1.42 bits per heavy atom. The Morgan fingerprint density at radius 3 is 2.42 bits per heavy atom. The zero-order chi connectivity index (χ0) is 9.61. The number of rotatable bonds is 5. The maximum Gasteiger partial charge on any atom is 0.309 e. The zero-order valence-electron chi connectivity index (χ0n) is 8.13. The highest BCUT2D eigenvalue weighted by Crippen LogP contribution is 2.22. The van der Waals surface area contributed by atoms with E-state index in [9.17, 15) is 4.79 Å². The Balaban J connectivity index is 3.76. The molecule has 0 rings (SSSR count). The molecule has 0 aliphatic rings. The quantitative estimate of drug-likeness (QED) is 0.644. The van der Waals surface area contributed by atoms with E-state index in [1.807, 2.05) is 6.08 Å². The second kappa shape index (κ2) is 4.96. The molecule has 0 radical (unpaired) electrons. The summed E-state index contributed by atoms with van der Waals surface area (Å²) in [6.45, 7) is 5.59. The lowest BCUT2D eigenvalue weighted by atomic mass is 9.88. The fourth-order valence-electron chi connectivity index (χ4n) is 0.836. The minimum absolute atomic E-state index is 0.585. The van der Waals surface area contributed by atoms with Gasteiger partial charge >= 0.3 is 5.97 Å². The molecule has 0 aliphatic heterocycles. The summed E-state index contributed by atoms with van der Waals surface area (Å²) in [5.41, 5.74) is -0.585. The van der Waals surface area contributed by atoms with E-state index >= 15 is 0 Å². The Labute approximate surface area is 74.3 Å². The van der Waals surface area contributed by atoms with E-state index in [0.717, 1.165) is 12.8 Å². The summed E-state index contributed by atoms with van der Waals surface area (Å²) in [5, 5.41) is 8.77. The largest absolute Gasteiger partial charge is 0.481 e. The lowest BCUT2D eigenvalue weighted by molar-refractivity contribution is -0.147. The third kappa shape index (κ3) is 4.16. The molecule has 0 unspecified atom stereocenters. The zero-order valence-corrected chi connectivity index (χ0v) is 8.13. The van der Waals surface area contributed by atoms with E-state index in [1.54, 1.807) is 13.8 Å². The van der Waals surface area contributed by atoms with Crippen LogP contribution in [-0.4, -0.2) is 11.1 Å². The summed E-state index contributed by atoms with van der Waals surface area (Å²) in [7, 11) is 0. The van der Waals surface area contributed by atoms with Gasteiger partial charge in [0, 0.05) is 0 Å². The van der Waals surface area contributed by atoms with Crippen molar-refractivity contribution in [3.63, 3.8) is 0 Å². The van der Waals surface area contributed by atoms with E-state index in [2.05, 4.69) is 13.0 Å². The summed E-state index contributed by atoms with van der Waals surface area (Å²) in [6.07, 6.45) is 6.70. The molecular weight excluding hydrogens is 152 g/mol. The van der Waals surface area contributed by atoms with Crippen LogP contribution >= 0.6 is 0 Å². The second-order valence-electron chi connectivity index (χ2n) is 3.61. The molecule has 2 heteroatoms. The van der Waals surface area contributed by atoms with Gasteiger partial charge in [0.25, 0.3) is 0 Å². The van der Waals surface area contributed by atoms with Crippen molar-refractivity contribution in [1.82, 2.24) is 0 Å². The highest BCUT2D eigenvalue weighted by molar-refractivity contribution is 5.73. The van der Waals surface area contributed by atoms with Crippen molar-refractivity contribution in [1.29, 1.82) is 0 Å². The first kappa shape index (κ1) is 11.2. The van der Waals surface area contributed by atoms with E-state index in [-0.39, 0.29) is 0 Å². The molecule has 0 aromatic carbocycles. The lowest BCUT2D eigenvalue weighted by Crippen LogP contribution is -2.22. The van der Waals surface area contributed by atoms with Crippen LogP contribution in [0.25, 0.3) is 0 Å². The Morgan fingerprint density at radius 2 is 2.00 bits per heavy atom. The first-order chi connectivity index (χ1) is 5.50. The van der Waals surface area contributed by atoms with E-state index < -0.39 is 11.4 Å². The number of hydrogen-bond donors (Lipinski definition) is 1. The summed E-state index contributed by atoms with van der Waals surface area (Å²) in [5.74, 6) is -0.715. The molecule has 0 bridgehead atoms. The highest BCUT2D eigenvalue weighted by Gasteiger charge is 2.25. The van der Waals surface area contributed by atoms with Gasteiger partial charge in [-0.3, -0.25) is 4.79 Å². The SMILES string of the molecule is CC/C=C/CCC(C)(C)C(=O)O. The molecule has 0 saturated carbocycles. The van der Waals surface area contributed by atoms with Gasteiger partial charge in [0.2, 0.25) is 0 Å². The van der Waals surface area contributed by atoms with Crippen molar-refractivity contribution in [3.8, 4) is 0 Å². The monoisotopic (exact) mass is 170 g/mol. The van der Waals surface area contributed by atoms with Crippen LogP contribution in [0.1, 0.15) is 40.0 Å². The van der Waals surface area contributed by atoms with Crippen LogP contribution < -0.4 is 0 Å². The number of hydrogen-bond acceptors (Lipinski definition) is 1. The number of carboxylic acid groups (broad SMARTS) is 1. The molecular formula is C10H18O2. The smallest absolute Gasteiger partial charge is 0.309 e. The van der Waals surface area contributed by atoms with Crippen molar-refractivity contribution in [2.24, 2.45) is 5.41 Å². The van der Waals surface area contributed by atoms with Gasteiger partial charge in [-0.25, -0.2) is 0 Å². The maximum atomic E-state index is 10.7. The summed E-state index contributed by atoms with van der Waals surface area (Å²) < 4.78 is 0. The number of allylic oxidation sites excluding steroid dienone is 2. The summed E-state index contributed by atoms with van der Waals surface area (Å²) in [4.78, 5) is 10.7. The summed E-state index contributed by atoms with van der Waals surface area (Å²) in [6, 6.07) is 0. The molecule has 0 aromatic heterocycles. The Bertz CT molecular complexity index is 169. The topological polar surface area (TPSA) is 37.3 Å². The molecule has 0 atom stereocenters. The van der Waals surface area contributed by atoms with Gasteiger partial charge in [0.15, 0.2) is 0 Å². The molecule has 1 N–H and O–H groups in total. The van der Waals surface area contributed by atoms with Crippen LogP contribution in [0.5, 0.6) is 0 Å². The molecule has 0 fully saturated rings. The standard InChI is InChI=1S/C10H18O2/c1-4-5-6-7-8-10(2,3)9(11)12/h5-6H,4,7-8H2,1-3H3,(H,11,12)/b6-5+. The van der Waals surface area contributed by atoms with E-state index in [4.69, 9.17) is 5.11 Å². The third-order valence-corrected chi connectivity index (χ3v) is 1.92. The van der Waals surface area contributed by atoms with Crippen LogP contribution in [0.4, 0.5) is 0 Å². The predicted molar refractivity (Wildman–Crippen MR) is 50.1 cm³/mol. The molecule has 0 amide bonds. The normalized spacial score (nSPS) is 12.2. The van der Waals surface area contributed by atoms with Crippen LogP contribution in [0, 0.1) is 5.41 Å². The predicted octanol–water partition coefficient (Wildman–Crippen LogP) is 2.84. The summed E-state index contributed by atoms with van der Waals surface area (Å²) >= 11 is 0. The van der Waals surface area contributed by atoms with Gasteiger partial charge in [0.1, 0.15) is 0 Å². The van der Waals surface area contributed by atoms with Gasteiger partial charge in [-0.2, -0.15) is 0 Å². The lowest BCUT2D eigenvalue weighted by Gasteiger charge is -2.17. The fourth-order valence-corrected chi connectivity index (χ4v) is 0.836. The van der Waals surface area contributed by atoms with Crippen LogP contribution in [0.3, 0.4) is 0 Å². The third-order valence-electron chi connectivity index (χ3n) is 1.92. The van der Waals surface area contributed by atoms with Crippen LogP contribution in [0.2, 0.25) is 0 Å². The van der Waals surface area contributed by atoms with Gasteiger partial charge in [-0.15, -0.1) is 0 Å². The van der Waals surface area contributed by atoms with Crippen molar-refractivity contribution >= 4 is 5.97 Å². The van der Waals surface area contributed by atoms with Crippen molar-refractivity contribution < 1.29 is 9.90 Å². The Hall–Kier alpha value is -0.790. The highest BCUT2D eigenvalue weighted by atomic mass is 16.4. The minimum atomic E-state index is -0.715. The Kier molecular flexibility index (Phi) is 4.64. The minimum Gasteiger partial charge on any atom is -0.481 e. The molecule has 0 heterocycles. The van der Waals surface area contributed by atoms with Crippen molar-refractivity contribution in [2.75, 3.05) is 0 Å². The van der Waals surface area contributed by atoms with E-state index in [1.165, 1.54) is 0 Å². The van der Waals surface area contributed by atoms with Gasteiger partial charge < -0.3 is 5.11 Å². The average Bonchev–Trinajstić information content (AvgIpc) is 1.98. The van der Waals surface area contributed by atoms with Gasteiger partial charge in [-0.1, -0.05) is 19.1 Å². The van der Waals surface area contributed by atoms with Gasteiger partial charge in [0.05, 0.1) is 5.41 Å². The first-order valence-corrected chi connectivity index (χ1v) is 4.39. The molecule has 0 aliphatic carbocycles. The molecule has 0 saturated heterocycles. The maximum absolute atomic E-state index is 10.7. The number of carbonyl (C=O) groups is 1. The van der Waals surface area contributed by atoms with Crippen LogP contribution in [0.15, 0.2) is 12.2 Å². The van der Waals surface area contributed by atoms with Crippen molar-refractivity contribution in [3.05, 3.63) is 12.2 Å². The molecule has 12 heavy (non-hydrogen) atoms. The average molecular weight is 170 g/mol. The molecule has 0 aromatic rings. The molecule has 70 valence electrons. The van der Waals surface area contributed by atoms with Crippen molar-refractivity contribution in [2.45, 2.75) is 40.0 Å².